The summed E-state index contributed by atoms with van der Waals surface area (Å²) in [6.45, 7) is 6.74. The number of likely N-dealkylation sites (tertiary alicyclic amines) is 1. The molecule has 2 saturated heterocycles. The molecule has 2 rings (SSSR count). The van der Waals surface area contributed by atoms with Crippen molar-refractivity contribution in [1.29, 1.82) is 0 Å². The summed E-state index contributed by atoms with van der Waals surface area (Å²) < 4.78 is 0. The van der Waals surface area contributed by atoms with Crippen LogP contribution in [0.2, 0.25) is 0 Å². The zero-order valence-electron chi connectivity index (χ0n) is 12.3. The summed E-state index contributed by atoms with van der Waals surface area (Å²) in [5.74, 6) is 0.228. The quantitative estimate of drug-likeness (QED) is 0.793. The highest BCUT2D eigenvalue weighted by Crippen LogP contribution is 2.13. The van der Waals surface area contributed by atoms with Crippen LogP contribution in [0.4, 0.5) is 0 Å². The van der Waals surface area contributed by atoms with Crippen LogP contribution < -0.4 is 10.6 Å². The average molecular weight is 267 g/mol. The minimum absolute atomic E-state index is 0.0619. The normalized spacial score (nSPS) is 26.3. The number of hydrogen-bond donors (Lipinski definition) is 2. The molecule has 110 valence electrons. The Labute approximate surface area is 117 Å². The third-order valence-corrected chi connectivity index (χ3v) is 4.39. The first kappa shape index (κ1) is 14.8. The molecule has 0 aliphatic carbocycles. The fourth-order valence-corrected chi connectivity index (χ4v) is 3.06. The lowest BCUT2D eigenvalue weighted by Crippen LogP contribution is -2.52. The van der Waals surface area contributed by atoms with Gasteiger partial charge in [0.05, 0.1) is 6.04 Å². The number of hydrogen-bond acceptors (Lipinski definition) is 3. The summed E-state index contributed by atoms with van der Waals surface area (Å²) in [7, 11) is 0. The predicted octanol–water partition coefficient (Wildman–Crippen LogP) is 1.51. The first-order valence-electron chi connectivity index (χ1n) is 8.05. The number of unbranched alkanes of at least 4 members (excludes halogenated alkanes) is 1. The molecule has 2 heterocycles. The lowest BCUT2D eigenvalue weighted by Gasteiger charge is -2.33. The zero-order valence-corrected chi connectivity index (χ0v) is 12.3. The summed E-state index contributed by atoms with van der Waals surface area (Å²) in [5, 5.41) is 6.56. The van der Waals surface area contributed by atoms with E-state index < -0.39 is 0 Å². The number of piperidine rings is 2. The molecule has 0 radical (unpaired) electrons. The van der Waals surface area contributed by atoms with Gasteiger partial charge in [-0.15, -0.1) is 0 Å². The van der Waals surface area contributed by atoms with Crippen LogP contribution in [-0.4, -0.2) is 49.1 Å². The van der Waals surface area contributed by atoms with Crippen molar-refractivity contribution in [3.05, 3.63) is 0 Å². The Bertz CT molecular complexity index is 269. The second-order valence-corrected chi connectivity index (χ2v) is 5.98. The number of amides is 1. The Kier molecular flexibility index (Phi) is 6.11. The molecule has 0 saturated carbocycles. The Morgan fingerprint density at radius 1 is 1.26 bits per heavy atom. The highest BCUT2D eigenvalue weighted by molar-refractivity contribution is 5.82. The number of nitrogens with one attached hydrogen (secondary N) is 2. The van der Waals surface area contributed by atoms with Crippen molar-refractivity contribution in [2.24, 2.45) is 0 Å². The van der Waals surface area contributed by atoms with Crippen molar-refractivity contribution in [3.8, 4) is 0 Å². The topological polar surface area (TPSA) is 44.4 Å². The second-order valence-electron chi connectivity index (χ2n) is 5.98. The summed E-state index contributed by atoms with van der Waals surface area (Å²) in [4.78, 5) is 14.7. The van der Waals surface area contributed by atoms with Crippen LogP contribution in [0, 0.1) is 0 Å². The van der Waals surface area contributed by atoms with Gasteiger partial charge in [-0.3, -0.25) is 4.79 Å². The first-order valence-corrected chi connectivity index (χ1v) is 8.05. The van der Waals surface area contributed by atoms with Crippen LogP contribution in [0.3, 0.4) is 0 Å². The van der Waals surface area contributed by atoms with Crippen LogP contribution in [-0.2, 0) is 4.79 Å². The summed E-state index contributed by atoms with van der Waals surface area (Å²) in [6.07, 6.45) is 8.18. The molecule has 0 spiro atoms. The number of carbonyl (C=O) groups is 1. The molecule has 2 aliphatic heterocycles. The van der Waals surface area contributed by atoms with E-state index in [1.54, 1.807) is 0 Å². The second kappa shape index (κ2) is 7.85. The fourth-order valence-electron chi connectivity index (χ4n) is 3.06. The molecule has 2 N–H and O–H groups in total. The van der Waals surface area contributed by atoms with Gasteiger partial charge >= 0.3 is 0 Å². The SMILES string of the molecule is CCCCN1CCC(NC(=O)[C@@H]2CCCCN2)CC1. The van der Waals surface area contributed by atoms with Gasteiger partial charge in [0.1, 0.15) is 0 Å². The molecule has 0 unspecified atom stereocenters. The average Bonchev–Trinajstić information content (AvgIpc) is 2.47. The van der Waals surface area contributed by atoms with E-state index in [0.717, 1.165) is 38.9 Å². The molecule has 1 amide bonds. The van der Waals surface area contributed by atoms with Crippen molar-refractivity contribution in [3.63, 3.8) is 0 Å². The van der Waals surface area contributed by atoms with E-state index in [0.29, 0.717) is 6.04 Å². The summed E-state index contributed by atoms with van der Waals surface area (Å²) >= 11 is 0. The molecule has 19 heavy (non-hydrogen) atoms. The minimum atomic E-state index is 0.0619. The van der Waals surface area contributed by atoms with Gasteiger partial charge in [-0.05, 0) is 45.2 Å². The Morgan fingerprint density at radius 2 is 2.05 bits per heavy atom. The zero-order chi connectivity index (χ0) is 13.5. The third kappa shape index (κ3) is 4.77. The van der Waals surface area contributed by atoms with Crippen LogP contribution in [0.5, 0.6) is 0 Å². The molecular weight excluding hydrogens is 238 g/mol. The smallest absolute Gasteiger partial charge is 0.237 e. The minimum Gasteiger partial charge on any atom is -0.352 e. The Morgan fingerprint density at radius 3 is 2.68 bits per heavy atom. The van der Waals surface area contributed by atoms with E-state index >= 15 is 0 Å². The predicted molar refractivity (Wildman–Crippen MR) is 78.2 cm³/mol. The molecule has 2 fully saturated rings. The van der Waals surface area contributed by atoms with Crippen molar-refractivity contribution in [1.82, 2.24) is 15.5 Å². The van der Waals surface area contributed by atoms with Crippen LogP contribution in [0.15, 0.2) is 0 Å². The molecule has 2 aliphatic rings. The van der Waals surface area contributed by atoms with Gasteiger partial charge in [-0.25, -0.2) is 0 Å². The van der Waals surface area contributed by atoms with Gasteiger partial charge in [0.25, 0.3) is 0 Å². The van der Waals surface area contributed by atoms with Crippen molar-refractivity contribution in [2.75, 3.05) is 26.2 Å². The highest BCUT2D eigenvalue weighted by atomic mass is 16.2. The van der Waals surface area contributed by atoms with Gasteiger partial charge in [0, 0.05) is 19.1 Å². The van der Waals surface area contributed by atoms with Gasteiger partial charge in [0.2, 0.25) is 5.91 Å². The van der Waals surface area contributed by atoms with Crippen LogP contribution in [0.1, 0.15) is 51.9 Å². The largest absolute Gasteiger partial charge is 0.352 e. The van der Waals surface area contributed by atoms with Gasteiger partial charge in [-0.1, -0.05) is 19.8 Å². The molecule has 0 aromatic heterocycles. The van der Waals surface area contributed by atoms with Crippen molar-refractivity contribution < 1.29 is 4.79 Å². The maximum absolute atomic E-state index is 12.1. The van der Waals surface area contributed by atoms with Gasteiger partial charge in [0.15, 0.2) is 0 Å². The van der Waals surface area contributed by atoms with Crippen LogP contribution >= 0.6 is 0 Å². The van der Waals surface area contributed by atoms with E-state index in [9.17, 15) is 4.79 Å². The third-order valence-electron chi connectivity index (χ3n) is 4.39. The van der Waals surface area contributed by atoms with Gasteiger partial charge in [-0.2, -0.15) is 0 Å². The maximum atomic E-state index is 12.1. The monoisotopic (exact) mass is 267 g/mol. The summed E-state index contributed by atoms with van der Waals surface area (Å²) in [5.41, 5.74) is 0. The lowest BCUT2D eigenvalue weighted by molar-refractivity contribution is -0.124. The van der Waals surface area contributed by atoms with Crippen LogP contribution in [0.25, 0.3) is 0 Å². The molecule has 0 aromatic carbocycles. The van der Waals surface area contributed by atoms with E-state index in [4.69, 9.17) is 0 Å². The maximum Gasteiger partial charge on any atom is 0.237 e. The molecule has 1 atom stereocenters. The fraction of sp³-hybridized carbons (Fsp3) is 0.933. The Balaban J connectivity index is 1.65. The Hall–Kier alpha value is -0.610. The lowest BCUT2D eigenvalue weighted by atomic mass is 10.0. The first-order chi connectivity index (χ1) is 9.29. The highest BCUT2D eigenvalue weighted by Gasteiger charge is 2.25. The van der Waals surface area contributed by atoms with Crippen molar-refractivity contribution >= 4 is 5.91 Å². The molecule has 4 nitrogen and oxygen atoms in total. The summed E-state index contributed by atoms with van der Waals surface area (Å²) in [6, 6.07) is 0.459. The standard InChI is InChI=1S/C15H29N3O/c1-2-3-10-18-11-7-13(8-12-18)17-15(19)14-6-4-5-9-16-14/h13-14,16H,2-12H2,1H3,(H,17,19)/t14-/m0/s1. The molecule has 4 heteroatoms. The van der Waals surface area contributed by atoms with E-state index in [2.05, 4.69) is 22.5 Å². The van der Waals surface area contributed by atoms with Gasteiger partial charge < -0.3 is 15.5 Å². The molecular formula is C15H29N3O. The molecule has 0 aromatic rings. The number of nitrogens with zero attached hydrogens (tertiary/aromatic N) is 1. The van der Waals surface area contributed by atoms with E-state index in [1.165, 1.54) is 32.2 Å². The molecule has 0 bridgehead atoms. The van der Waals surface area contributed by atoms with E-state index in [-0.39, 0.29) is 11.9 Å². The van der Waals surface area contributed by atoms with E-state index in [1.807, 2.05) is 0 Å². The number of rotatable bonds is 5. The number of carbonyl (C=O) groups excluding carboxylic acids is 1. The van der Waals surface area contributed by atoms with Crippen molar-refractivity contribution in [2.45, 2.75) is 64.0 Å².